The van der Waals surface area contributed by atoms with Gasteiger partial charge in [0.05, 0.1) is 17.7 Å². The Labute approximate surface area is 162 Å². The molecule has 0 unspecified atom stereocenters. The molecule has 0 saturated carbocycles. The van der Waals surface area contributed by atoms with Crippen molar-refractivity contribution in [3.8, 4) is 11.5 Å². The van der Waals surface area contributed by atoms with Crippen molar-refractivity contribution in [3.63, 3.8) is 0 Å². The fraction of sp³-hybridized carbons (Fsp3) is 0.286. The average Bonchev–Trinajstić information content (AvgIpc) is 2.68. The molecule has 0 radical (unpaired) electrons. The standard InChI is InChI=1S/C21H20ClNO4/c1-12-13(2)21(24)27-19-16(12)8-18(22)20-17(19)10-23(11-26-20)9-14-4-6-15(25-3)7-5-14/h4-8H,9-11H2,1-3H3. The van der Waals surface area contributed by atoms with E-state index in [0.717, 1.165) is 27.8 Å². The summed E-state index contributed by atoms with van der Waals surface area (Å²) in [5.41, 5.74) is 3.68. The summed E-state index contributed by atoms with van der Waals surface area (Å²) in [6.07, 6.45) is 0. The van der Waals surface area contributed by atoms with Crippen LogP contribution in [0.4, 0.5) is 0 Å². The molecule has 0 saturated heterocycles. The first-order valence-corrected chi connectivity index (χ1v) is 9.09. The molecule has 0 atom stereocenters. The third-order valence-electron chi connectivity index (χ3n) is 5.09. The number of aryl methyl sites for hydroxylation is 1. The molecule has 6 heteroatoms. The molecule has 0 aliphatic carbocycles. The predicted molar refractivity (Wildman–Crippen MR) is 105 cm³/mol. The van der Waals surface area contributed by atoms with Crippen LogP contribution in [0, 0.1) is 13.8 Å². The lowest BCUT2D eigenvalue weighted by molar-refractivity contribution is 0.0890. The van der Waals surface area contributed by atoms with Gasteiger partial charge < -0.3 is 13.9 Å². The van der Waals surface area contributed by atoms with Gasteiger partial charge in [-0.25, -0.2) is 4.79 Å². The van der Waals surface area contributed by atoms with Crippen molar-refractivity contribution in [2.45, 2.75) is 26.9 Å². The van der Waals surface area contributed by atoms with Crippen molar-refractivity contribution in [1.82, 2.24) is 4.90 Å². The monoisotopic (exact) mass is 385 g/mol. The van der Waals surface area contributed by atoms with Crippen LogP contribution in [0.25, 0.3) is 11.0 Å². The molecule has 0 fully saturated rings. The van der Waals surface area contributed by atoms with Crippen molar-refractivity contribution in [3.05, 3.63) is 68.0 Å². The summed E-state index contributed by atoms with van der Waals surface area (Å²) in [6, 6.07) is 9.74. The van der Waals surface area contributed by atoms with Gasteiger partial charge in [0.25, 0.3) is 0 Å². The molecular weight excluding hydrogens is 366 g/mol. The van der Waals surface area contributed by atoms with Gasteiger partial charge in [0.1, 0.15) is 23.8 Å². The molecule has 27 heavy (non-hydrogen) atoms. The first kappa shape index (κ1) is 17.9. The third kappa shape index (κ3) is 3.17. The van der Waals surface area contributed by atoms with E-state index in [1.165, 1.54) is 0 Å². The van der Waals surface area contributed by atoms with Gasteiger partial charge in [-0.1, -0.05) is 23.7 Å². The Balaban J connectivity index is 1.72. The SMILES string of the molecule is COc1ccc(CN2COc3c(Cl)cc4c(C)c(C)c(=O)oc4c3C2)cc1. The van der Waals surface area contributed by atoms with Gasteiger partial charge in [-0.05, 0) is 43.2 Å². The van der Waals surface area contributed by atoms with E-state index in [1.54, 1.807) is 14.0 Å². The van der Waals surface area contributed by atoms with Crippen LogP contribution in [0.3, 0.4) is 0 Å². The van der Waals surface area contributed by atoms with Crippen molar-refractivity contribution in [1.29, 1.82) is 0 Å². The molecule has 5 nitrogen and oxygen atoms in total. The van der Waals surface area contributed by atoms with E-state index in [4.69, 9.17) is 25.5 Å². The number of fused-ring (bicyclic) bond motifs is 3. The Hall–Kier alpha value is -2.50. The zero-order chi connectivity index (χ0) is 19.1. The summed E-state index contributed by atoms with van der Waals surface area (Å²) in [4.78, 5) is 14.3. The molecule has 1 aliphatic heterocycles. The summed E-state index contributed by atoms with van der Waals surface area (Å²) < 4.78 is 16.7. The van der Waals surface area contributed by atoms with Crippen molar-refractivity contribution in [2.24, 2.45) is 0 Å². The zero-order valence-electron chi connectivity index (χ0n) is 15.5. The molecule has 2 aromatic carbocycles. The van der Waals surface area contributed by atoms with E-state index < -0.39 is 0 Å². The van der Waals surface area contributed by atoms with Gasteiger partial charge >= 0.3 is 5.63 Å². The third-order valence-corrected chi connectivity index (χ3v) is 5.37. The van der Waals surface area contributed by atoms with Crippen LogP contribution in [0.15, 0.2) is 39.5 Å². The topological polar surface area (TPSA) is 51.9 Å². The minimum absolute atomic E-state index is 0.322. The highest BCUT2D eigenvalue weighted by molar-refractivity contribution is 6.33. The predicted octanol–water partition coefficient (Wildman–Crippen LogP) is 4.42. The largest absolute Gasteiger partial charge is 0.497 e. The quantitative estimate of drug-likeness (QED) is 0.624. The molecule has 3 aromatic rings. The van der Waals surface area contributed by atoms with Crippen molar-refractivity contribution in [2.75, 3.05) is 13.8 Å². The highest BCUT2D eigenvalue weighted by Gasteiger charge is 2.25. The van der Waals surface area contributed by atoms with Crippen LogP contribution in [-0.4, -0.2) is 18.7 Å². The average molecular weight is 386 g/mol. The second kappa shape index (κ2) is 6.91. The van der Waals surface area contributed by atoms with Gasteiger partial charge in [0, 0.05) is 24.0 Å². The molecule has 1 aliphatic rings. The number of hydrogen-bond acceptors (Lipinski definition) is 5. The van der Waals surface area contributed by atoms with Crippen LogP contribution < -0.4 is 15.1 Å². The number of benzene rings is 2. The van der Waals surface area contributed by atoms with E-state index in [1.807, 2.05) is 37.3 Å². The van der Waals surface area contributed by atoms with Crippen LogP contribution in [0.1, 0.15) is 22.3 Å². The molecule has 0 bridgehead atoms. The van der Waals surface area contributed by atoms with Gasteiger partial charge in [-0.15, -0.1) is 0 Å². The Morgan fingerprint density at radius 2 is 1.93 bits per heavy atom. The maximum Gasteiger partial charge on any atom is 0.339 e. The van der Waals surface area contributed by atoms with E-state index >= 15 is 0 Å². The van der Waals surface area contributed by atoms with Crippen molar-refractivity contribution >= 4 is 22.6 Å². The Morgan fingerprint density at radius 3 is 2.63 bits per heavy atom. The molecule has 0 N–H and O–H groups in total. The van der Waals surface area contributed by atoms with Crippen LogP contribution in [0.2, 0.25) is 5.02 Å². The zero-order valence-corrected chi connectivity index (χ0v) is 16.2. The number of ether oxygens (including phenoxy) is 2. The Bertz CT molecular complexity index is 1070. The molecule has 0 amide bonds. The fourth-order valence-corrected chi connectivity index (χ4v) is 3.68. The smallest absolute Gasteiger partial charge is 0.339 e. The Kier molecular flexibility index (Phi) is 4.58. The first-order chi connectivity index (χ1) is 13.0. The highest BCUT2D eigenvalue weighted by atomic mass is 35.5. The maximum absolute atomic E-state index is 12.2. The molecule has 4 rings (SSSR count). The van der Waals surface area contributed by atoms with Gasteiger partial charge in [-0.2, -0.15) is 0 Å². The van der Waals surface area contributed by atoms with E-state index in [0.29, 0.717) is 41.7 Å². The van der Waals surface area contributed by atoms with Crippen LogP contribution in [0.5, 0.6) is 11.5 Å². The van der Waals surface area contributed by atoms with E-state index in [-0.39, 0.29) is 5.63 Å². The van der Waals surface area contributed by atoms with Crippen LogP contribution in [-0.2, 0) is 13.1 Å². The van der Waals surface area contributed by atoms with E-state index in [2.05, 4.69) is 4.90 Å². The normalized spacial score (nSPS) is 14.1. The lowest BCUT2D eigenvalue weighted by atomic mass is 10.0. The van der Waals surface area contributed by atoms with E-state index in [9.17, 15) is 4.79 Å². The molecular formula is C21H20ClNO4. The number of nitrogens with zero attached hydrogens (tertiary/aromatic N) is 1. The summed E-state index contributed by atoms with van der Waals surface area (Å²) in [5, 5.41) is 1.39. The first-order valence-electron chi connectivity index (χ1n) is 8.71. The molecule has 1 aromatic heterocycles. The molecule has 0 spiro atoms. The van der Waals surface area contributed by atoms with Gasteiger partial charge in [0.2, 0.25) is 0 Å². The second-order valence-corrected chi connectivity index (χ2v) is 7.20. The van der Waals surface area contributed by atoms with Gasteiger partial charge in [0.15, 0.2) is 0 Å². The fourth-order valence-electron chi connectivity index (χ4n) is 3.40. The minimum Gasteiger partial charge on any atom is -0.497 e. The lowest BCUT2D eigenvalue weighted by Gasteiger charge is -2.30. The maximum atomic E-state index is 12.2. The summed E-state index contributed by atoms with van der Waals surface area (Å²) in [5.74, 6) is 1.42. The highest BCUT2D eigenvalue weighted by Crippen LogP contribution is 2.39. The number of rotatable bonds is 3. The summed E-state index contributed by atoms with van der Waals surface area (Å²) in [7, 11) is 1.65. The number of methoxy groups -OCH3 is 1. The second-order valence-electron chi connectivity index (χ2n) is 6.79. The van der Waals surface area contributed by atoms with Crippen LogP contribution >= 0.6 is 11.6 Å². The molecule has 2 heterocycles. The number of hydrogen-bond donors (Lipinski definition) is 0. The van der Waals surface area contributed by atoms with Crippen molar-refractivity contribution < 1.29 is 13.9 Å². The number of halogens is 1. The van der Waals surface area contributed by atoms with Gasteiger partial charge in [-0.3, -0.25) is 4.90 Å². The minimum atomic E-state index is -0.322. The molecule has 140 valence electrons. The Morgan fingerprint density at radius 1 is 1.19 bits per heavy atom. The summed E-state index contributed by atoms with van der Waals surface area (Å²) >= 11 is 6.45. The lowest BCUT2D eigenvalue weighted by Crippen LogP contribution is -2.32. The summed E-state index contributed by atoms with van der Waals surface area (Å²) in [6.45, 7) is 5.38.